The molecule has 1 aromatic heterocycles. The van der Waals surface area contributed by atoms with Crippen molar-refractivity contribution in [3.05, 3.63) is 60.4 Å². The fourth-order valence-corrected chi connectivity index (χ4v) is 2.20. The summed E-state index contributed by atoms with van der Waals surface area (Å²) in [6.45, 7) is 0. The molecule has 0 saturated heterocycles. The number of carbonyl (C=O) groups is 1. The first-order chi connectivity index (χ1) is 10.1. The Morgan fingerprint density at radius 2 is 1.95 bits per heavy atom. The summed E-state index contributed by atoms with van der Waals surface area (Å²) in [5, 5.41) is 5.35. The van der Waals surface area contributed by atoms with Gasteiger partial charge in [0.15, 0.2) is 0 Å². The maximum atomic E-state index is 11.1. The van der Waals surface area contributed by atoms with Crippen molar-refractivity contribution < 1.29 is 4.79 Å². The number of pyridine rings is 1. The van der Waals surface area contributed by atoms with Crippen molar-refractivity contribution in [2.45, 2.75) is 0 Å². The number of fused-ring (bicyclic) bond motifs is 1. The molecule has 104 valence electrons. The highest BCUT2D eigenvalue weighted by atomic mass is 16.1. The SMILES string of the molecule is NC(=O)c1ccc(Nc2cccc3ccncc23)c(N)c1. The first-order valence-electron chi connectivity index (χ1n) is 6.44. The number of nitrogens with one attached hydrogen (secondary N) is 1. The Bertz CT molecular complexity index is 824. The fraction of sp³-hybridized carbons (Fsp3) is 0. The Morgan fingerprint density at radius 1 is 1.10 bits per heavy atom. The molecule has 0 spiro atoms. The van der Waals surface area contributed by atoms with Crippen LogP contribution in [-0.4, -0.2) is 10.9 Å². The monoisotopic (exact) mass is 278 g/mol. The van der Waals surface area contributed by atoms with Crippen LogP contribution in [0.5, 0.6) is 0 Å². The van der Waals surface area contributed by atoms with Gasteiger partial charge >= 0.3 is 0 Å². The first kappa shape index (κ1) is 12.9. The van der Waals surface area contributed by atoms with Crippen LogP contribution in [0.25, 0.3) is 10.8 Å². The van der Waals surface area contributed by atoms with Crippen molar-refractivity contribution in [3.63, 3.8) is 0 Å². The molecule has 0 aliphatic rings. The predicted molar refractivity (Wildman–Crippen MR) is 84.4 cm³/mol. The van der Waals surface area contributed by atoms with Crippen molar-refractivity contribution in [3.8, 4) is 0 Å². The molecular weight excluding hydrogens is 264 g/mol. The van der Waals surface area contributed by atoms with Crippen LogP contribution in [0.2, 0.25) is 0 Å². The van der Waals surface area contributed by atoms with Gasteiger partial charge in [-0.1, -0.05) is 12.1 Å². The Hall–Kier alpha value is -3.08. The van der Waals surface area contributed by atoms with E-state index >= 15 is 0 Å². The van der Waals surface area contributed by atoms with Crippen LogP contribution in [0.15, 0.2) is 54.9 Å². The molecule has 0 radical (unpaired) electrons. The maximum Gasteiger partial charge on any atom is 0.248 e. The molecule has 2 aromatic carbocycles. The topological polar surface area (TPSA) is 94.0 Å². The molecule has 0 bridgehead atoms. The van der Waals surface area contributed by atoms with Crippen LogP contribution in [0.3, 0.4) is 0 Å². The normalized spacial score (nSPS) is 10.5. The zero-order chi connectivity index (χ0) is 14.8. The molecule has 0 aliphatic carbocycles. The average molecular weight is 278 g/mol. The van der Waals surface area contributed by atoms with Crippen molar-refractivity contribution in [1.82, 2.24) is 4.98 Å². The van der Waals surface area contributed by atoms with Gasteiger partial charge in [0.2, 0.25) is 5.91 Å². The number of carbonyl (C=O) groups excluding carboxylic acids is 1. The Morgan fingerprint density at radius 3 is 2.71 bits per heavy atom. The smallest absolute Gasteiger partial charge is 0.248 e. The van der Waals surface area contributed by atoms with Crippen molar-refractivity contribution in [2.75, 3.05) is 11.1 Å². The van der Waals surface area contributed by atoms with E-state index in [4.69, 9.17) is 11.5 Å². The summed E-state index contributed by atoms with van der Waals surface area (Å²) in [5.74, 6) is -0.498. The Balaban J connectivity index is 2.01. The molecule has 5 heteroatoms. The molecule has 0 atom stereocenters. The van der Waals surface area contributed by atoms with Gasteiger partial charge in [0.05, 0.1) is 11.4 Å². The third-order valence-electron chi connectivity index (χ3n) is 3.29. The van der Waals surface area contributed by atoms with E-state index in [-0.39, 0.29) is 0 Å². The van der Waals surface area contributed by atoms with E-state index in [9.17, 15) is 4.79 Å². The third kappa shape index (κ3) is 2.49. The molecule has 0 saturated carbocycles. The van der Waals surface area contributed by atoms with Gasteiger partial charge < -0.3 is 16.8 Å². The number of anilines is 3. The predicted octanol–water partition coefficient (Wildman–Crippen LogP) is 2.66. The van der Waals surface area contributed by atoms with Crippen LogP contribution in [0, 0.1) is 0 Å². The van der Waals surface area contributed by atoms with E-state index in [1.54, 1.807) is 30.6 Å². The molecule has 1 amide bonds. The van der Waals surface area contributed by atoms with Gasteiger partial charge in [-0.2, -0.15) is 0 Å². The number of nitrogens with zero attached hydrogens (tertiary/aromatic N) is 1. The van der Waals surface area contributed by atoms with E-state index in [0.717, 1.165) is 22.1 Å². The molecule has 21 heavy (non-hydrogen) atoms. The number of primary amides is 1. The lowest BCUT2D eigenvalue weighted by Gasteiger charge is -2.12. The van der Waals surface area contributed by atoms with Crippen molar-refractivity contribution >= 4 is 33.7 Å². The zero-order valence-electron chi connectivity index (χ0n) is 11.2. The lowest BCUT2D eigenvalue weighted by atomic mass is 10.1. The van der Waals surface area contributed by atoms with Crippen molar-refractivity contribution in [1.29, 1.82) is 0 Å². The van der Waals surface area contributed by atoms with E-state index < -0.39 is 5.91 Å². The van der Waals surface area contributed by atoms with Crippen LogP contribution >= 0.6 is 0 Å². The molecule has 5 nitrogen and oxygen atoms in total. The summed E-state index contributed by atoms with van der Waals surface area (Å²) in [6, 6.07) is 12.8. The van der Waals surface area contributed by atoms with Gasteiger partial charge in [0.25, 0.3) is 0 Å². The number of hydrogen-bond donors (Lipinski definition) is 3. The molecule has 0 fully saturated rings. The maximum absolute atomic E-state index is 11.1. The van der Waals surface area contributed by atoms with E-state index in [2.05, 4.69) is 10.3 Å². The summed E-state index contributed by atoms with van der Waals surface area (Å²) in [5.41, 5.74) is 13.7. The molecule has 3 rings (SSSR count). The Kier molecular flexibility index (Phi) is 3.16. The lowest BCUT2D eigenvalue weighted by molar-refractivity contribution is 0.100. The molecule has 1 heterocycles. The number of nitrogen functional groups attached to an aromatic ring is 1. The van der Waals surface area contributed by atoms with Crippen LogP contribution < -0.4 is 16.8 Å². The Labute approximate surface area is 121 Å². The summed E-state index contributed by atoms with van der Waals surface area (Å²) < 4.78 is 0. The summed E-state index contributed by atoms with van der Waals surface area (Å²) >= 11 is 0. The zero-order valence-corrected chi connectivity index (χ0v) is 11.2. The highest BCUT2D eigenvalue weighted by molar-refractivity contribution is 5.97. The van der Waals surface area contributed by atoms with Gasteiger partial charge in [-0.3, -0.25) is 9.78 Å². The highest BCUT2D eigenvalue weighted by Crippen LogP contribution is 2.28. The van der Waals surface area contributed by atoms with Crippen LogP contribution in [0.4, 0.5) is 17.1 Å². The molecular formula is C16H14N4O. The molecule has 0 unspecified atom stereocenters. The highest BCUT2D eigenvalue weighted by Gasteiger charge is 2.07. The quantitative estimate of drug-likeness (QED) is 0.642. The van der Waals surface area contributed by atoms with Crippen LogP contribution in [-0.2, 0) is 0 Å². The number of benzene rings is 2. The van der Waals surface area contributed by atoms with Gasteiger partial charge in [0, 0.05) is 29.0 Å². The van der Waals surface area contributed by atoms with Crippen LogP contribution in [0.1, 0.15) is 10.4 Å². The third-order valence-corrected chi connectivity index (χ3v) is 3.29. The number of nitrogens with two attached hydrogens (primary N) is 2. The van der Waals surface area contributed by atoms with Gasteiger partial charge in [0.1, 0.15) is 0 Å². The van der Waals surface area contributed by atoms with E-state index in [0.29, 0.717) is 11.3 Å². The van der Waals surface area contributed by atoms with Crippen molar-refractivity contribution in [2.24, 2.45) is 5.73 Å². The summed E-state index contributed by atoms with van der Waals surface area (Å²) in [7, 11) is 0. The first-order valence-corrected chi connectivity index (χ1v) is 6.44. The minimum atomic E-state index is -0.498. The standard InChI is InChI=1S/C16H14N4O/c17-13-8-11(16(18)21)4-5-15(13)20-14-3-1-2-10-6-7-19-9-12(10)14/h1-9,20H,17H2,(H2,18,21). The van der Waals surface area contributed by atoms with E-state index in [1.807, 2.05) is 24.3 Å². The lowest BCUT2D eigenvalue weighted by Crippen LogP contribution is -2.11. The van der Waals surface area contributed by atoms with Gasteiger partial charge in [-0.05, 0) is 35.7 Å². The average Bonchev–Trinajstić information content (AvgIpc) is 2.49. The summed E-state index contributed by atoms with van der Waals surface area (Å²) in [6.07, 6.45) is 3.55. The van der Waals surface area contributed by atoms with Gasteiger partial charge in [-0.25, -0.2) is 0 Å². The fourth-order valence-electron chi connectivity index (χ4n) is 2.20. The molecule has 3 aromatic rings. The molecule has 0 aliphatic heterocycles. The second kappa shape index (κ2) is 5.13. The number of rotatable bonds is 3. The second-order valence-electron chi connectivity index (χ2n) is 4.69. The second-order valence-corrected chi connectivity index (χ2v) is 4.69. The molecule has 5 N–H and O–H groups in total. The minimum Gasteiger partial charge on any atom is -0.397 e. The largest absolute Gasteiger partial charge is 0.397 e. The minimum absolute atomic E-state index is 0.387. The number of aromatic nitrogens is 1. The van der Waals surface area contributed by atoms with Gasteiger partial charge in [-0.15, -0.1) is 0 Å². The number of hydrogen-bond acceptors (Lipinski definition) is 4. The number of amides is 1. The summed E-state index contributed by atoms with van der Waals surface area (Å²) in [4.78, 5) is 15.3. The van der Waals surface area contributed by atoms with E-state index in [1.165, 1.54) is 0 Å².